The molecule has 2 N–H and O–H groups in total. The summed E-state index contributed by atoms with van der Waals surface area (Å²) in [4.78, 5) is 2.53. The minimum Gasteiger partial charge on any atom is -0.330 e. The molecule has 0 aromatic heterocycles. The van der Waals surface area contributed by atoms with E-state index in [-0.39, 0.29) is 0 Å². The number of nitrogens with two attached hydrogens (primary N) is 1. The molecule has 1 fully saturated rings. The number of hydrogen-bond donors (Lipinski definition) is 1. The number of rotatable bonds is 5. The molecule has 1 rings (SSSR count). The molecule has 0 radical (unpaired) electrons. The Morgan fingerprint density at radius 2 is 2.17 bits per heavy atom. The molecule has 1 heterocycles. The second-order valence-corrected chi connectivity index (χ2v) is 4.21. The Balaban J connectivity index is 2.02. The molecule has 0 aromatic rings. The van der Waals surface area contributed by atoms with Crippen molar-refractivity contribution >= 4 is 0 Å². The van der Waals surface area contributed by atoms with Crippen LogP contribution in [0, 0.1) is 11.8 Å². The zero-order valence-electron chi connectivity index (χ0n) is 8.42. The molecule has 12 heavy (non-hydrogen) atoms. The number of nitrogens with zero attached hydrogens (tertiary/aromatic N) is 1. The summed E-state index contributed by atoms with van der Waals surface area (Å²) in [6, 6.07) is 0. The molecule has 1 atom stereocenters. The molecular weight excluding hydrogens is 148 g/mol. The fourth-order valence-electron chi connectivity index (χ4n) is 2.00. The molecule has 0 spiro atoms. The van der Waals surface area contributed by atoms with Crippen molar-refractivity contribution in [2.24, 2.45) is 17.6 Å². The van der Waals surface area contributed by atoms with Crippen molar-refractivity contribution in [3.8, 4) is 0 Å². The lowest BCUT2D eigenvalue weighted by Gasteiger charge is -2.40. The fraction of sp³-hybridized carbons (Fsp3) is 1.00. The standard InChI is InChI=1S/C10H22N2/c1-3-4-9(2)6-12-7-10(5-11)8-12/h9-10H,3-8,11H2,1-2H3. The van der Waals surface area contributed by atoms with Crippen molar-refractivity contribution in [1.82, 2.24) is 4.90 Å². The van der Waals surface area contributed by atoms with E-state index in [1.807, 2.05) is 0 Å². The van der Waals surface area contributed by atoms with E-state index < -0.39 is 0 Å². The van der Waals surface area contributed by atoms with Crippen molar-refractivity contribution in [2.45, 2.75) is 26.7 Å². The van der Waals surface area contributed by atoms with Crippen LogP contribution in [0.25, 0.3) is 0 Å². The second kappa shape index (κ2) is 4.83. The van der Waals surface area contributed by atoms with Gasteiger partial charge in [0.1, 0.15) is 0 Å². The van der Waals surface area contributed by atoms with Crippen LogP contribution in [0.4, 0.5) is 0 Å². The molecule has 0 amide bonds. The number of likely N-dealkylation sites (tertiary alicyclic amines) is 1. The van der Waals surface area contributed by atoms with E-state index in [1.165, 1.54) is 32.5 Å². The highest BCUT2D eigenvalue weighted by molar-refractivity contribution is 4.80. The van der Waals surface area contributed by atoms with Gasteiger partial charge in [0.15, 0.2) is 0 Å². The summed E-state index contributed by atoms with van der Waals surface area (Å²) >= 11 is 0. The summed E-state index contributed by atoms with van der Waals surface area (Å²) in [6.07, 6.45) is 2.68. The molecular formula is C10H22N2. The lowest BCUT2D eigenvalue weighted by molar-refractivity contribution is 0.0876. The monoisotopic (exact) mass is 170 g/mol. The average molecular weight is 170 g/mol. The van der Waals surface area contributed by atoms with Crippen molar-refractivity contribution in [2.75, 3.05) is 26.2 Å². The van der Waals surface area contributed by atoms with Gasteiger partial charge in [-0.3, -0.25) is 0 Å². The minimum absolute atomic E-state index is 0.791. The van der Waals surface area contributed by atoms with Crippen LogP contribution in [0.3, 0.4) is 0 Å². The van der Waals surface area contributed by atoms with Gasteiger partial charge >= 0.3 is 0 Å². The van der Waals surface area contributed by atoms with E-state index in [0.717, 1.165) is 18.4 Å². The van der Waals surface area contributed by atoms with Crippen molar-refractivity contribution < 1.29 is 0 Å². The van der Waals surface area contributed by atoms with Gasteiger partial charge in [0.2, 0.25) is 0 Å². The molecule has 2 nitrogen and oxygen atoms in total. The first kappa shape index (κ1) is 10.0. The molecule has 72 valence electrons. The largest absolute Gasteiger partial charge is 0.330 e. The van der Waals surface area contributed by atoms with E-state index in [4.69, 9.17) is 5.73 Å². The molecule has 0 aromatic carbocycles. The first-order chi connectivity index (χ1) is 5.76. The smallest absolute Gasteiger partial charge is 0.00342 e. The topological polar surface area (TPSA) is 29.3 Å². The van der Waals surface area contributed by atoms with Gasteiger partial charge in [0.05, 0.1) is 0 Å². The normalized spacial score (nSPS) is 22.2. The van der Waals surface area contributed by atoms with Crippen LogP contribution >= 0.6 is 0 Å². The van der Waals surface area contributed by atoms with Gasteiger partial charge < -0.3 is 10.6 Å². The van der Waals surface area contributed by atoms with Crippen LogP contribution in [0.5, 0.6) is 0 Å². The van der Waals surface area contributed by atoms with Gasteiger partial charge in [0.25, 0.3) is 0 Å². The average Bonchev–Trinajstić information content (AvgIpc) is 1.96. The quantitative estimate of drug-likeness (QED) is 0.674. The van der Waals surface area contributed by atoms with E-state index in [2.05, 4.69) is 18.7 Å². The Morgan fingerprint density at radius 3 is 2.67 bits per heavy atom. The molecule has 0 aliphatic carbocycles. The maximum atomic E-state index is 5.56. The van der Waals surface area contributed by atoms with Gasteiger partial charge in [-0.05, 0) is 24.8 Å². The third-order valence-electron chi connectivity index (χ3n) is 2.72. The Labute approximate surface area is 76.1 Å². The van der Waals surface area contributed by atoms with Gasteiger partial charge in [-0.15, -0.1) is 0 Å². The first-order valence-electron chi connectivity index (χ1n) is 5.18. The summed E-state index contributed by atoms with van der Waals surface area (Å²) in [5.74, 6) is 1.66. The highest BCUT2D eigenvalue weighted by Gasteiger charge is 2.25. The molecule has 2 heteroatoms. The van der Waals surface area contributed by atoms with Crippen molar-refractivity contribution in [1.29, 1.82) is 0 Å². The summed E-state index contributed by atoms with van der Waals surface area (Å²) < 4.78 is 0. The molecule has 1 saturated heterocycles. The summed E-state index contributed by atoms with van der Waals surface area (Å²) in [7, 11) is 0. The van der Waals surface area contributed by atoms with Crippen LogP contribution in [-0.4, -0.2) is 31.1 Å². The Hall–Kier alpha value is -0.0800. The summed E-state index contributed by atoms with van der Waals surface area (Å²) in [5, 5.41) is 0. The van der Waals surface area contributed by atoms with Gasteiger partial charge in [-0.1, -0.05) is 20.3 Å². The lowest BCUT2D eigenvalue weighted by atomic mass is 9.97. The van der Waals surface area contributed by atoms with Crippen LogP contribution < -0.4 is 5.73 Å². The molecule has 1 unspecified atom stereocenters. The highest BCUT2D eigenvalue weighted by Crippen LogP contribution is 2.17. The predicted molar refractivity (Wildman–Crippen MR) is 53.1 cm³/mol. The Kier molecular flexibility index (Phi) is 4.02. The van der Waals surface area contributed by atoms with Gasteiger partial charge in [0, 0.05) is 19.6 Å². The second-order valence-electron chi connectivity index (χ2n) is 4.21. The molecule has 1 aliphatic heterocycles. The third-order valence-corrected chi connectivity index (χ3v) is 2.72. The Bertz CT molecular complexity index is 119. The van der Waals surface area contributed by atoms with Crippen molar-refractivity contribution in [3.05, 3.63) is 0 Å². The van der Waals surface area contributed by atoms with Crippen LogP contribution in [0.2, 0.25) is 0 Å². The zero-order valence-corrected chi connectivity index (χ0v) is 8.42. The van der Waals surface area contributed by atoms with Crippen LogP contribution in [0.1, 0.15) is 26.7 Å². The van der Waals surface area contributed by atoms with E-state index in [9.17, 15) is 0 Å². The zero-order chi connectivity index (χ0) is 8.97. The maximum Gasteiger partial charge on any atom is 0.00342 e. The SMILES string of the molecule is CCCC(C)CN1CC(CN)C1. The minimum atomic E-state index is 0.791. The maximum absolute atomic E-state index is 5.56. The molecule has 1 aliphatic rings. The van der Waals surface area contributed by atoms with E-state index in [1.54, 1.807) is 0 Å². The Morgan fingerprint density at radius 1 is 1.50 bits per heavy atom. The van der Waals surface area contributed by atoms with Crippen LogP contribution in [0.15, 0.2) is 0 Å². The number of hydrogen-bond acceptors (Lipinski definition) is 2. The van der Waals surface area contributed by atoms with Crippen LogP contribution in [-0.2, 0) is 0 Å². The highest BCUT2D eigenvalue weighted by atomic mass is 15.2. The fourth-order valence-corrected chi connectivity index (χ4v) is 2.00. The lowest BCUT2D eigenvalue weighted by Crippen LogP contribution is -2.51. The first-order valence-corrected chi connectivity index (χ1v) is 5.18. The van der Waals surface area contributed by atoms with Gasteiger partial charge in [-0.25, -0.2) is 0 Å². The predicted octanol–water partition coefficient (Wildman–Crippen LogP) is 1.31. The molecule has 0 saturated carbocycles. The van der Waals surface area contributed by atoms with Crippen molar-refractivity contribution in [3.63, 3.8) is 0 Å². The van der Waals surface area contributed by atoms with E-state index >= 15 is 0 Å². The van der Waals surface area contributed by atoms with Gasteiger partial charge in [-0.2, -0.15) is 0 Å². The molecule has 0 bridgehead atoms. The summed E-state index contributed by atoms with van der Waals surface area (Å²) in [6.45, 7) is 9.24. The summed E-state index contributed by atoms with van der Waals surface area (Å²) in [5.41, 5.74) is 5.56. The van der Waals surface area contributed by atoms with E-state index in [0.29, 0.717) is 0 Å². The third kappa shape index (κ3) is 2.76.